The van der Waals surface area contributed by atoms with Gasteiger partial charge in [-0.1, -0.05) is 0 Å². The fourth-order valence-corrected chi connectivity index (χ4v) is 3.13. The maximum atomic E-state index is 10.9. The van der Waals surface area contributed by atoms with E-state index in [9.17, 15) is 13.2 Å². The Balaban J connectivity index is 3.69. The number of hydrogen-bond donors (Lipinski definition) is 2. The van der Waals surface area contributed by atoms with E-state index in [1.165, 1.54) is 6.92 Å². The third-order valence-corrected chi connectivity index (χ3v) is 4.10. The van der Waals surface area contributed by atoms with Crippen molar-refractivity contribution < 1.29 is 17.8 Å². The summed E-state index contributed by atoms with van der Waals surface area (Å²) >= 11 is 0.640. The molecule has 1 amide bonds. The van der Waals surface area contributed by atoms with Crippen molar-refractivity contribution in [1.29, 1.82) is 5.26 Å². The maximum absolute atomic E-state index is 10.9. The van der Waals surface area contributed by atoms with Crippen molar-refractivity contribution in [3.63, 3.8) is 0 Å². The standard InChI is InChI=1S/C7H6N2O4S2/c1-3-5(6(9)10)4(2-8)7(14-3)15(11,12)13/h1H3,(H2,9,10)(H,11,12,13). The van der Waals surface area contributed by atoms with Crippen LogP contribution >= 0.6 is 11.3 Å². The molecular weight excluding hydrogens is 240 g/mol. The fourth-order valence-electron chi connectivity index (χ4n) is 1.10. The summed E-state index contributed by atoms with van der Waals surface area (Å²) in [4.78, 5) is 11.2. The van der Waals surface area contributed by atoms with Gasteiger partial charge < -0.3 is 5.73 Å². The van der Waals surface area contributed by atoms with E-state index in [0.29, 0.717) is 11.3 Å². The van der Waals surface area contributed by atoms with E-state index in [1.807, 2.05) is 0 Å². The van der Waals surface area contributed by atoms with E-state index in [-0.39, 0.29) is 10.4 Å². The summed E-state index contributed by atoms with van der Waals surface area (Å²) in [5, 5.41) is 8.70. The highest BCUT2D eigenvalue weighted by Crippen LogP contribution is 2.30. The van der Waals surface area contributed by atoms with Crippen molar-refractivity contribution in [1.82, 2.24) is 0 Å². The number of nitrogens with zero attached hydrogens (tertiary/aromatic N) is 1. The molecule has 0 unspecified atom stereocenters. The first-order valence-electron chi connectivity index (χ1n) is 3.59. The lowest BCUT2D eigenvalue weighted by atomic mass is 10.1. The molecule has 0 atom stereocenters. The number of primary amides is 1. The number of nitriles is 1. The van der Waals surface area contributed by atoms with E-state index < -0.39 is 25.8 Å². The second-order valence-electron chi connectivity index (χ2n) is 2.65. The lowest BCUT2D eigenvalue weighted by Crippen LogP contribution is -2.13. The maximum Gasteiger partial charge on any atom is 0.305 e. The quantitative estimate of drug-likeness (QED) is 0.725. The Hall–Kier alpha value is -1.43. The third kappa shape index (κ3) is 1.99. The minimum absolute atomic E-state index is 0.157. The van der Waals surface area contributed by atoms with Gasteiger partial charge in [-0.05, 0) is 6.92 Å². The molecule has 1 aromatic heterocycles. The molecule has 0 spiro atoms. The predicted octanol–water partition coefficient (Wildman–Crippen LogP) is 0.274. The molecule has 0 saturated carbocycles. The molecule has 1 rings (SSSR count). The summed E-state index contributed by atoms with van der Waals surface area (Å²) in [5.41, 5.74) is 4.43. The van der Waals surface area contributed by atoms with Gasteiger partial charge in [0.1, 0.15) is 6.07 Å². The van der Waals surface area contributed by atoms with Crippen LogP contribution in [0.4, 0.5) is 0 Å². The summed E-state index contributed by atoms with van der Waals surface area (Å²) in [7, 11) is -4.49. The molecule has 3 N–H and O–H groups in total. The number of hydrogen-bond acceptors (Lipinski definition) is 5. The minimum atomic E-state index is -4.49. The highest BCUT2D eigenvalue weighted by atomic mass is 32.3. The summed E-state index contributed by atoms with van der Waals surface area (Å²) in [6.45, 7) is 1.44. The van der Waals surface area contributed by atoms with Crippen LogP contribution in [0.3, 0.4) is 0 Å². The molecule has 0 bridgehead atoms. The molecule has 0 aromatic carbocycles. The van der Waals surface area contributed by atoms with Gasteiger partial charge in [-0.2, -0.15) is 13.7 Å². The summed E-state index contributed by atoms with van der Waals surface area (Å²) in [6.07, 6.45) is 0. The zero-order chi connectivity index (χ0) is 11.8. The van der Waals surface area contributed by atoms with Gasteiger partial charge in [-0.3, -0.25) is 9.35 Å². The zero-order valence-corrected chi connectivity index (χ0v) is 9.15. The Kier molecular flexibility index (Phi) is 2.81. The van der Waals surface area contributed by atoms with E-state index in [0.717, 1.165) is 0 Å². The van der Waals surface area contributed by atoms with Crippen LogP contribution < -0.4 is 5.73 Å². The van der Waals surface area contributed by atoms with Crippen molar-refractivity contribution >= 4 is 27.4 Å². The summed E-state index contributed by atoms with van der Waals surface area (Å²) in [6, 6.07) is 1.54. The number of thiophene rings is 1. The van der Waals surface area contributed by atoms with Gasteiger partial charge in [-0.15, -0.1) is 11.3 Å². The number of carbonyl (C=O) groups is 1. The molecule has 0 saturated heterocycles. The van der Waals surface area contributed by atoms with Crippen molar-refractivity contribution in [2.45, 2.75) is 11.1 Å². The van der Waals surface area contributed by atoms with Crippen LogP contribution in [0.25, 0.3) is 0 Å². The second-order valence-corrected chi connectivity index (χ2v) is 5.49. The van der Waals surface area contributed by atoms with Crippen LogP contribution in [0.15, 0.2) is 4.21 Å². The Bertz CT molecular complexity index is 565. The smallest absolute Gasteiger partial charge is 0.305 e. The van der Waals surface area contributed by atoms with Crippen molar-refractivity contribution in [2.24, 2.45) is 5.73 Å². The first kappa shape index (κ1) is 11.6. The fraction of sp³-hybridized carbons (Fsp3) is 0.143. The molecule has 0 fully saturated rings. The van der Waals surface area contributed by atoms with Crippen molar-refractivity contribution in [3.8, 4) is 6.07 Å². The normalized spacial score (nSPS) is 11.0. The van der Waals surface area contributed by atoms with Crippen LogP contribution in [-0.2, 0) is 10.1 Å². The number of aryl methyl sites for hydroxylation is 1. The van der Waals surface area contributed by atoms with Gasteiger partial charge >= 0.3 is 10.1 Å². The minimum Gasteiger partial charge on any atom is -0.366 e. The highest BCUT2D eigenvalue weighted by molar-refractivity contribution is 7.88. The largest absolute Gasteiger partial charge is 0.366 e. The molecule has 8 heteroatoms. The average Bonchev–Trinajstić information content (AvgIpc) is 2.41. The Morgan fingerprint density at radius 2 is 2.13 bits per heavy atom. The number of carbonyl (C=O) groups excluding carboxylic acids is 1. The topological polar surface area (TPSA) is 121 Å². The van der Waals surface area contributed by atoms with Gasteiger partial charge in [0.25, 0.3) is 5.91 Å². The molecule has 1 heterocycles. The van der Waals surface area contributed by atoms with Gasteiger partial charge in [0.2, 0.25) is 0 Å². The molecule has 80 valence electrons. The summed E-state index contributed by atoms with van der Waals surface area (Å²) < 4.78 is 30.0. The average molecular weight is 246 g/mol. The van der Waals surface area contributed by atoms with Gasteiger partial charge in [0.15, 0.2) is 4.21 Å². The molecule has 6 nitrogen and oxygen atoms in total. The molecular formula is C7H6N2O4S2. The monoisotopic (exact) mass is 246 g/mol. The molecule has 1 aromatic rings. The first-order valence-corrected chi connectivity index (χ1v) is 5.85. The molecule has 15 heavy (non-hydrogen) atoms. The van der Waals surface area contributed by atoms with Crippen LogP contribution in [0, 0.1) is 18.3 Å². The second kappa shape index (κ2) is 3.62. The first-order chi connectivity index (χ1) is 6.79. The van der Waals surface area contributed by atoms with Gasteiger partial charge in [0.05, 0.1) is 11.1 Å². The summed E-state index contributed by atoms with van der Waals surface area (Å²) in [5.74, 6) is -0.893. The Morgan fingerprint density at radius 3 is 2.47 bits per heavy atom. The SMILES string of the molecule is Cc1sc(S(=O)(=O)O)c(C#N)c1C(N)=O. The predicted molar refractivity (Wildman–Crippen MR) is 52.1 cm³/mol. The zero-order valence-electron chi connectivity index (χ0n) is 7.51. The highest BCUT2D eigenvalue weighted by Gasteiger charge is 2.26. The van der Waals surface area contributed by atoms with Crippen LogP contribution in [0.1, 0.15) is 20.8 Å². The van der Waals surface area contributed by atoms with E-state index in [1.54, 1.807) is 6.07 Å². The molecule has 0 aliphatic heterocycles. The number of nitrogens with two attached hydrogens (primary N) is 1. The lowest BCUT2D eigenvalue weighted by molar-refractivity contribution is 0.1000. The van der Waals surface area contributed by atoms with Crippen LogP contribution in [0.2, 0.25) is 0 Å². The lowest BCUT2D eigenvalue weighted by Gasteiger charge is -1.93. The van der Waals surface area contributed by atoms with E-state index in [2.05, 4.69) is 0 Å². The Morgan fingerprint density at radius 1 is 1.60 bits per heavy atom. The molecule has 0 radical (unpaired) electrons. The molecule has 0 aliphatic rings. The van der Waals surface area contributed by atoms with Crippen molar-refractivity contribution in [3.05, 3.63) is 16.0 Å². The molecule has 0 aliphatic carbocycles. The van der Waals surface area contributed by atoms with Gasteiger partial charge in [0, 0.05) is 4.88 Å². The van der Waals surface area contributed by atoms with Crippen LogP contribution in [-0.4, -0.2) is 18.9 Å². The third-order valence-electron chi connectivity index (χ3n) is 1.64. The number of amides is 1. The van der Waals surface area contributed by atoms with Gasteiger partial charge in [-0.25, -0.2) is 0 Å². The number of rotatable bonds is 2. The Labute approximate surface area is 89.7 Å². The van der Waals surface area contributed by atoms with E-state index in [4.69, 9.17) is 15.5 Å². The van der Waals surface area contributed by atoms with Crippen molar-refractivity contribution in [2.75, 3.05) is 0 Å². The van der Waals surface area contributed by atoms with E-state index >= 15 is 0 Å². The van der Waals surface area contributed by atoms with Crippen LogP contribution in [0.5, 0.6) is 0 Å².